The summed E-state index contributed by atoms with van der Waals surface area (Å²) in [7, 11) is 0. The predicted octanol–water partition coefficient (Wildman–Crippen LogP) is 3.90. The second kappa shape index (κ2) is 7.31. The number of ether oxygens (including phenoxy) is 1. The maximum atomic E-state index is 9.77. The summed E-state index contributed by atoms with van der Waals surface area (Å²) < 4.78 is 7.35. The monoisotopic (exact) mass is 354 g/mol. The molecule has 0 fully saturated rings. The van der Waals surface area contributed by atoms with Crippen molar-refractivity contribution in [3.63, 3.8) is 0 Å². The molecule has 0 spiro atoms. The molecular formula is C18H18N4O2S. The molecule has 1 aromatic heterocycles. The molecule has 6 nitrogen and oxygen atoms in total. The van der Waals surface area contributed by atoms with E-state index in [0.717, 1.165) is 11.1 Å². The molecule has 0 saturated heterocycles. The van der Waals surface area contributed by atoms with Crippen LogP contribution in [0.4, 0.5) is 0 Å². The van der Waals surface area contributed by atoms with Crippen LogP contribution in [0.1, 0.15) is 18.1 Å². The first-order chi connectivity index (χ1) is 12.1. The first-order valence-corrected chi connectivity index (χ1v) is 8.24. The molecule has 0 bridgehead atoms. The number of aryl methyl sites for hydroxylation is 1. The third-order valence-corrected chi connectivity index (χ3v) is 3.83. The highest BCUT2D eigenvalue weighted by molar-refractivity contribution is 7.71. The Balaban J connectivity index is 1.94. The van der Waals surface area contributed by atoms with Crippen molar-refractivity contribution in [1.82, 2.24) is 14.9 Å². The molecular weight excluding hydrogens is 336 g/mol. The van der Waals surface area contributed by atoms with Crippen LogP contribution in [0.2, 0.25) is 0 Å². The van der Waals surface area contributed by atoms with Gasteiger partial charge < -0.3 is 9.84 Å². The smallest absolute Gasteiger partial charge is 0.216 e. The van der Waals surface area contributed by atoms with Crippen LogP contribution in [0.15, 0.2) is 47.6 Å². The number of rotatable bonds is 5. The molecule has 0 radical (unpaired) electrons. The lowest BCUT2D eigenvalue weighted by atomic mass is 10.1. The normalized spacial score (nSPS) is 11.1. The number of hydrogen-bond acceptors (Lipinski definition) is 5. The minimum atomic E-state index is 0.0965. The minimum absolute atomic E-state index is 0.0965. The Kier molecular flexibility index (Phi) is 4.95. The van der Waals surface area contributed by atoms with Gasteiger partial charge >= 0.3 is 0 Å². The molecule has 0 aliphatic rings. The largest absolute Gasteiger partial charge is 0.504 e. The van der Waals surface area contributed by atoms with Crippen molar-refractivity contribution in [2.75, 3.05) is 6.61 Å². The van der Waals surface area contributed by atoms with Gasteiger partial charge in [-0.15, -0.1) is 0 Å². The van der Waals surface area contributed by atoms with Crippen molar-refractivity contribution < 1.29 is 9.84 Å². The quantitative estimate of drug-likeness (QED) is 0.538. The standard InChI is InChI=1S/C18H18N4O2S/c1-3-24-16-10-13(6-9-15(16)23)11-19-22-17(20-21-18(22)25)14-7-4-12(2)5-8-14/h4-11,23H,3H2,1-2H3,(H,21,25). The number of benzene rings is 2. The van der Waals surface area contributed by atoms with E-state index in [1.807, 2.05) is 38.1 Å². The highest BCUT2D eigenvalue weighted by Gasteiger charge is 2.08. The number of nitrogens with one attached hydrogen (secondary N) is 1. The summed E-state index contributed by atoms with van der Waals surface area (Å²) in [5, 5.41) is 21.2. The van der Waals surface area contributed by atoms with Crippen molar-refractivity contribution in [3.05, 3.63) is 58.4 Å². The molecule has 0 aliphatic carbocycles. The van der Waals surface area contributed by atoms with E-state index in [4.69, 9.17) is 17.0 Å². The first-order valence-electron chi connectivity index (χ1n) is 7.83. The minimum Gasteiger partial charge on any atom is -0.504 e. The van der Waals surface area contributed by atoms with Crippen molar-refractivity contribution in [2.24, 2.45) is 5.10 Å². The van der Waals surface area contributed by atoms with Gasteiger partial charge in [0.2, 0.25) is 4.77 Å². The fraction of sp³-hybridized carbons (Fsp3) is 0.167. The van der Waals surface area contributed by atoms with E-state index in [0.29, 0.717) is 23.0 Å². The fourth-order valence-corrected chi connectivity index (χ4v) is 2.47. The Bertz CT molecular complexity index is 958. The van der Waals surface area contributed by atoms with E-state index in [1.165, 1.54) is 5.56 Å². The second-order valence-electron chi connectivity index (χ2n) is 5.43. The zero-order valence-electron chi connectivity index (χ0n) is 13.9. The lowest BCUT2D eigenvalue weighted by Gasteiger charge is -2.06. The van der Waals surface area contributed by atoms with Crippen molar-refractivity contribution >= 4 is 18.4 Å². The van der Waals surface area contributed by atoms with Gasteiger partial charge in [-0.25, -0.2) is 5.10 Å². The van der Waals surface area contributed by atoms with Crippen LogP contribution in [-0.4, -0.2) is 32.8 Å². The van der Waals surface area contributed by atoms with Crippen LogP contribution in [-0.2, 0) is 0 Å². The molecule has 25 heavy (non-hydrogen) atoms. The summed E-state index contributed by atoms with van der Waals surface area (Å²) in [6.07, 6.45) is 1.64. The highest BCUT2D eigenvalue weighted by atomic mass is 32.1. The summed E-state index contributed by atoms with van der Waals surface area (Å²) in [5.74, 6) is 1.14. The van der Waals surface area contributed by atoms with Gasteiger partial charge in [0.25, 0.3) is 0 Å². The van der Waals surface area contributed by atoms with Crippen LogP contribution in [0.3, 0.4) is 0 Å². The van der Waals surface area contributed by atoms with E-state index in [2.05, 4.69) is 15.3 Å². The van der Waals surface area contributed by atoms with Gasteiger partial charge in [-0.2, -0.15) is 14.9 Å². The molecule has 1 heterocycles. The molecule has 3 rings (SSSR count). The molecule has 2 aromatic carbocycles. The number of aromatic hydroxyl groups is 1. The number of phenolic OH excluding ortho intramolecular Hbond substituents is 1. The molecule has 0 aliphatic heterocycles. The van der Waals surface area contributed by atoms with Crippen LogP contribution < -0.4 is 4.74 Å². The summed E-state index contributed by atoms with van der Waals surface area (Å²) in [5.41, 5.74) is 2.86. The zero-order valence-corrected chi connectivity index (χ0v) is 14.7. The van der Waals surface area contributed by atoms with Crippen molar-refractivity contribution in [1.29, 1.82) is 0 Å². The number of nitrogens with zero attached hydrogens (tertiary/aromatic N) is 3. The molecule has 0 unspecified atom stereocenters. The van der Waals surface area contributed by atoms with Gasteiger partial charge in [0.15, 0.2) is 17.3 Å². The number of hydrogen-bond donors (Lipinski definition) is 2. The Morgan fingerprint density at radius 1 is 1.28 bits per heavy atom. The molecule has 0 saturated carbocycles. The van der Waals surface area contributed by atoms with Crippen LogP contribution in [0.5, 0.6) is 11.5 Å². The molecule has 2 N–H and O–H groups in total. The van der Waals surface area contributed by atoms with Gasteiger partial charge in [0.05, 0.1) is 12.8 Å². The maximum Gasteiger partial charge on any atom is 0.216 e. The van der Waals surface area contributed by atoms with E-state index in [1.54, 1.807) is 29.1 Å². The summed E-state index contributed by atoms with van der Waals surface area (Å²) in [6, 6.07) is 13.0. The highest BCUT2D eigenvalue weighted by Crippen LogP contribution is 2.26. The Morgan fingerprint density at radius 3 is 2.76 bits per heavy atom. The molecule has 7 heteroatoms. The predicted molar refractivity (Wildman–Crippen MR) is 99.9 cm³/mol. The Morgan fingerprint density at radius 2 is 2.04 bits per heavy atom. The van der Waals surface area contributed by atoms with Gasteiger partial charge in [-0.05, 0) is 49.8 Å². The van der Waals surface area contributed by atoms with E-state index in [-0.39, 0.29) is 5.75 Å². The number of H-pyrrole nitrogens is 1. The summed E-state index contributed by atoms with van der Waals surface area (Å²) in [6.45, 7) is 4.36. The number of aromatic nitrogens is 3. The van der Waals surface area contributed by atoms with E-state index >= 15 is 0 Å². The maximum absolute atomic E-state index is 9.77. The lowest BCUT2D eigenvalue weighted by molar-refractivity contribution is 0.318. The topological polar surface area (TPSA) is 75.4 Å². The average molecular weight is 354 g/mol. The zero-order chi connectivity index (χ0) is 17.8. The van der Waals surface area contributed by atoms with Crippen LogP contribution >= 0.6 is 12.2 Å². The Labute approximate surface area is 150 Å². The van der Waals surface area contributed by atoms with E-state index in [9.17, 15) is 5.11 Å². The second-order valence-corrected chi connectivity index (χ2v) is 5.82. The third kappa shape index (κ3) is 3.77. The lowest BCUT2D eigenvalue weighted by Crippen LogP contribution is -1.96. The van der Waals surface area contributed by atoms with E-state index < -0.39 is 0 Å². The van der Waals surface area contributed by atoms with Crippen LogP contribution in [0.25, 0.3) is 11.4 Å². The number of aromatic amines is 1. The molecule has 0 amide bonds. The van der Waals surface area contributed by atoms with Crippen molar-refractivity contribution in [3.8, 4) is 22.9 Å². The van der Waals surface area contributed by atoms with Crippen LogP contribution in [0, 0.1) is 11.7 Å². The Hall–Kier alpha value is -2.93. The SMILES string of the molecule is CCOc1cc(C=Nn2c(-c3ccc(C)cc3)n[nH]c2=S)ccc1O. The van der Waals surface area contributed by atoms with Gasteiger partial charge in [-0.3, -0.25) is 0 Å². The summed E-state index contributed by atoms with van der Waals surface area (Å²) >= 11 is 5.27. The molecule has 128 valence electrons. The third-order valence-electron chi connectivity index (χ3n) is 3.57. The number of phenols is 1. The van der Waals surface area contributed by atoms with Crippen molar-refractivity contribution in [2.45, 2.75) is 13.8 Å². The van der Waals surface area contributed by atoms with Gasteiger partial charge in [0.1, 0.15) is 0 Å². The summed E-state index contributed by atoms with van der Waals surface area (Å²) in [4.78, 5) is 0. The molecule has 3 aromatic rings. The van der Waals surface area contributed by atoms with Gasteiger partial charge in [-0.1, -0.05) is 29.8 Å². The fourth-order valence-electron chi connectivity index (χ4n) is 2.29. The average Bonchev–Trinajstić information content (AvgIpc) is 2.97. The first kappa shape index (κ1) is 16.9. The molecule has 0 atom stereocenters. The van der Waals surface area contributed by atoms with Gasteiger partial charge in [0, 0.05) is 5.56 Å².